The molecule has 1 aromatic carbocycles. The van der Waals surface area contributed by atoms with Gasteiger partial charge in [-0.15, -0.1) is 0 Å². The molecule has 3 aliphatic rings. The van der Waals surface area contributed by atoms with E-state index in [1.807, 2.05) is 29.2 Å². The van der Waals surface area contributed by atoms with Gasteiger partial charge in [-0.2, -0.15) is 0 Å². The van der Waals surface area contributed by atoms with Crippen LogP contribution >= 0.6 is 0 Å². The van der Waals surface area contributed by atoms with Crippen LogP contribution in [0.4, 0.5) is 5.69 Å². The molecular weight excluding hydrogens is 316 g/mol. The van der Waals surface area contributed by atoms with Crippen LogP contribution in [0.1, 0.15) is 38.5 Å². The number of ether oxygens (including phenoxy) is 1. The molecule has 1 saturated carbocycles. The van der Waals surface area contributed by atoms with Gasteiger partial charge in [0, 0.05) is 13.1 Å². The Morgan fingerprint density at radius 2 is 1.92 bits per heavy atom. The number of amides is 2. The Hall–Kier alpha value is -2.04. The number of carbonyl (C=O) groups is 2. The standard InChI is InChI=1S/C20H26N2O3/c23-19-10-12-25-18-8-4-3-7-17(18)22(19)14-20(24)21-11-9-15-5-1-2-6-16(15)13-21/h3-4,7-8,15-16H,1-2,5-6,9-14H2/t15-,16-/m0/s1. The number of benzene rings is 1. The van der Waals surface area contributed by atoms with Gasteiger partial charge in [0.15, 0.2) is 0 Å². The van der Waals surface area contributed by atoms with Gasteiger partial charge in [-0.3, -0.25) is 14.5 Å². The summed E-state index contributed by atoms with van der Waals surface area (Å²) in [6, 6.07) is 7.49. The van der Waals surface area contributed by atoms with Gasteiger partial charge in [-0.25, -0.2) is 0 Å². The number of carbonyl (C=O) groups excluding carboxylic acids is 2. The number of rotatable bonds is 2. The summed E-state index contributed by atoms with van der Waals surface area (Å²) < 4.78 is 5.66. The highest BCUT2D eigenvalue weighted by atomic mass is 16.5. The quantitative estimate of drug-likeness (QED) is 0.830. The first-order valence-corrected chi connectivity index (χ1v) is 9.52. The Morgan fingerprint density at radius 1 is 1.12 bits per heavy atom. The summed E-state index contributed by atoms with van der Waals surface area (Å²) in [6.45, 7) is 2.19. The molecule has 1 saturated heterocycles. The van der Waals surface area contributed by atoms with Gasteiger partial charge in [-0.05, 0) is 36.8 Å². The molecule has 0 bridgehead atoms. The Labute approximate surface area is 148 Å². The van der Waals surface area contributed by atoms with Crippen molar-refractivity contribution in [1.29, 1.82) is 0 Å². The van der Waals surface area contributed by atoms with Gasteiger partial charge < -0.3 is 9.64 Å². The smallest absolute Gasteiger partial charge is 0.242 e. The summed E-state index contributed by atoms with van der Waals surface area (Å²) in [6.07, 6.45) is 6.62. The molecule has 5 nitrogen and oxygen atoms in total. The molecule has 2 heterocycles. The Balaban J connectivity index is 1.47. The maximum Gasteiger partial charge on any atom is 0.242 e. The lowest BCUT2D eigenvalue weighted by atomic mass is 9.75. The zero-order valence-corrected chi connectivity index (χ0v) is 14.7. The molecule has 1 aromatic rings. The zero-order chi connectivity index (χ0) is 17.2. The Morgan fingerprint density at radius 3 is 2.80 bits per heavy atom. The lowest BCUT2D eigenvalue weighted by Gasteiger charge is -2.41. The van der Waals surface area contributed by atoms with E-state index in [1.54, 1.807) is 4.90 Å². The summed E-state index contributed by atoms with van der Waals surface area (Å²) in [4.78, 5) is 29.0. The van der Waals surface area contributed by atoms with E-state index in [-0.39, 0.29) is 18.4 Å². The van der Waals surface area contributed by atoms with E-state index in [0.29, 0.717) is 30.4 Å². The van der Waals surface area contributed by atoms with E-state index < -0.39 is 0 Å². The topological polar surface area (TPSA) is 49.9 Å². The van der Waals surface area contributed by atoms with Gasteiger partial charge in [0.25, 0.3) is 0 Å². The van der Waals surface area contributed by atoms with Crippen molar-refractivity contribution in [2.45, 2.75) is 38.5 Å². The predicted octanol–water partition coefficient (Wildman–Crippen LogP) is 2.84. The van der Waals surface area contributed by atoms with Gasteiger partial charge in [-0.1, -0.05) is 31.4 Å². The van der Waals surface area contributed by atoms with Crippen LogP contribution in [0, 0.1) is 11.8 Å². The molecule has 2 aliphatic heterocycles. The molecule has 134 valence electrons. The van der Waals surface area contributed by atoms with Crippen molar-refractivity contribution in [1.82, 2.24) is 4.90 Å². The molecule has 2 atom stereocenters. The molecule has 4 rings (SSSR count). The zero-order valence-electron chi connectivity index (χ0n) is 14.7. The minimum Gasteiger partial charge on any atom is -0.491 e. The van der Waals surface area contributed by atoms with Crippen molar-refractivity contribution in [2.75, 3.05) is 31.1 Å². The predicted molar refractivity (Wildman–Crippen MR) is 95.6 cm³/mol. The number of piperidine rings is 1. The summed E-state index contributed by atoms with van der Waals surface area (Å²) in [7, 11) is 0. The van der Waals surface area contributed by atoms with Crippen LogP contribution < -0.4 is 9.64 Å². The number of para-hydroxylation sites is 2. The van der Waals surface area contributed by atoms with Crippen molar-refractivity contribution in [3.8, 4) is 5.75 Å². The third-order valence-corrected chi connectivity index (χ3v) is 5.97. The van der Waals surface area contributed by atoms with E-state index in [4.69, 9.17) is 4.74 Å². The molecule has 1 aliphatic carbocycles. The van der Waals surface area contributed by atoms with Crippen LogP contribution in [0.15, 0.2) is 24.3 Å². The van der Waals surface area contributed by atoms with Crippen LogP contribution in [0.5, 0.6) is 5.75 Å². The summed E-state index contributed by atoms with van der Waals surface area (Å²) in [5.74, 6) is 2.17. The fourth-order valence-corrected chi connectivity index (χ4v) is 4.56. The highest BCUT2D eigenvalue weighted by Crippen LogP contribution is 2.36. The van der Waals surface area contributed by atoms with Gasteiger partial charge >= 0.3 is 0 Å². The van der Waals surface area contributed by atoms with Crippen molar-refractivity contribution in [3.63, 3.8) is 0 Å². The molecule has 0 aromatic heterocycles. The highest BCUT2D eigenvalue weighted by Gasteiger charge is 2.34. The second-order valence-electron chi connectivity index (χ2n) is 7.48. The first kappa shape index (κ1) is 16.4. The number of likely N-dealkylation sites (tertiary alicyclic amines) is 1. The van der Waals surface area contributed by atoms with E-state index >= 15 is 0 Å². The Kier molecular flexibility index (Phi) is 4.64. The van der Waals surface area contributed by atoms with Crippen LogP contribution in [0.3, 0.4) is 0 Å². The molecule has 0 spiro atoms. The van der Waals surface area contributed by atoms with E-state index in [1.165, 1.54) is 25.7 Å². The number of anilines is 1. The van der Waals surface area contributed by atoms with Crippen LogP contribution in [-0.2, 0) is 9.59 Å². The summed E-state index contributed by atoms with van der Waals surface area (Å²) >= 11 is 0. The van der Waals surface area contributed by atoms with Gasteiger partial charge in [0.05, 0.1) is 18.7 Å². The normalized spacial score (nSPS) is 26.3. The SMILES string of the molecule is O=C(CN1C(=O)CCOc2ccccc21)N1CC[C@@H]2CCCC[C@H]2C1. The minimum atomic E-state index is -0.0362. The number of fused-ring (bicyclic) bond motifs is 2. The molecular formula is C20H26N2O3. The fraction of sp³-hybridized carbons (Fsp3) is 0.600. The number of nitrogens with zero attached hydrogens (tertiary/aromatic N) is 2. The van der Waals surface area contributed by atoms with Crippen molar-refractivity contribution in [3.05, 3.63) is 24.3 Å². The summed E-state index contributed by atoms with van der Waals surface area (Å²) in [5, 5.41) is 0. The summed E-state index contributed by atoms with van der Waals surface area (Å²) in [5.41, 5.74) is 0.714. The van der Waals surface area contributed by atoms with Gasteiger partial charge in [0.1, 0.15) is 12.3 Å². The molecule has 5 heteroatoms. The van der Waals surface area contributed by atoms with Gasteiger partial charge in [0.2, 0.25) is 11.8 Å². The fourth-order valence-electron chi connectivity index (χ4n) is 4.56. The molecule has 2 amide bonds. The third kappa shape index (κ3) is 3.37. The first-order valence-electron chi connectivity index (χ1n) is 9.52. The molecule has 25 heavy (non-hydrogen) atoms. The second kappa shape index (κ2) is 7.06. The third-order valence-electron chi connectivity index (χ3n) is 5.97. The van der Waals surface area contributed by atoms with E-state index in [2.05, 4.69) is 0 Å². The first-order chi connectivity index (χ1) is 12.2. The van der Waals surface area contributed by atoms with Crippen molar-refractivity contribution >= 4 is 17.5 Å². The number of hydrogen-bond acceptors (Lipinski definition) is 3. The second-order valence-corrected chi connectivity index (χ2v) is 7.48. The van der Waals surface area contributed by atoms with Crippen LogP contribution in [0.2, 0.25) is 0 Å². The molecule has 0 unspecified atom stereocenters. The van der Waals surface area contributed by atoms with E-state index in [0.717, 1.165) is 25.4 Å². The maximum atomic E-state index is 12.9. The maximum absolute atomic E-state index is 12.9. The molecule has 0 radical (unpaired) electrons. The Bertz CT molecular complexity index is 660. The largest absolute Gasteiger partial charge is 0.491 e. The highest BCUT2D eigenvalue weighted by molar-refractivity contribution is 6.00. The lowest BCUT2D eigenvalue weighted by Crippen LogP contribution is -2.49. The average molecular weight is 342 g/mol. The molecule has 2 fully saturated rings. The lowest BCUT2D eigenvalue weighted by molar-refractivity contribution is -0.134. The van der Waals surface area contributed by atoms with Crippen molar-refractivity contribution in [2.24, 2.45) is 11.8 Å². The molecule has 0 N–H and O–H groups in total. The van der Waals surface area contributed by atoms with Crippen molar-refractivity contribution < 1.29 is 14.3 Å². The monoisotopic (exact) mass is 342 g/mol. The average Bonchev–Trinajstić information content (AvgIpc) is 2.80. The minimum absolute atomic E-state index is 0.0362. The van der Waals surface area contributed by atoms with Crippen LogP contribution in [-0.4, -0.2) is 43.0 Å². The van der Waals surface area contributed by atoms with E-state index in [9.17, 15) is 9.59 Å². The van der Waals surface area contributed by atoms with Crippen LogP contribution in [0.25, 0.3) is 0 Å². The number of hydrogen-bond donors (Lipinski definition) is 0.